The van der Waals surface area contributed by atoms with E-state index in [0.717, 1.165) is 31.2 Å². The Bertz CT molecular complexity index is 647. The molecule has 0 bridgehead atoms. The van der Waals surface area contributed by atoms with Crippen molar-refractivity contribution in [3.05, 3.63) is 35.6 Å². The normalized spacial score (nSPS) is 29.2. The third-order valence-corrected chi connectivity index (χ3v) is 6.35. The molecule has 3 unspecified atom stereocenters. The van der Waals surface area contributed by atoms with E-state index in [0.29, 0.717) is 11.6 Å². The lowest BCUT2D eigenvalue weighted by Gasteiger charge is -2.31. The summed E-state index contributed by atoms with van der Waals surface area (Å²) < 4.78 is 13.0. The zero-order valence-corrected chi connectivity index (χ0v) is 14.2. The van der Waals surface area contributed by atoms with Gasteiger partial charge in [-0.25, -0.2) is 4.39 Å². The van der Waals surface area contributed by atoms with E-state index in [1.807, 2.05) is 0 Å². The molecule has 0 aromatic heterocycles. The molecule has 4 rings (SSSR count). The number of hydrogen-bond donors (Lipinski definition) is 1. The van der Waals surface area contributed by atoms with E-state index in [1.165, 1.54) is 12.1 Å². The lowest BCUT2D eigenvalue weighted by Crippen LogP contribution is -2.50. The fraction of sp³-hybridized carbons (Fsp3) is 0.556. The lowest BCUT2D eigenvalue weighted by molar-refractivity contribution is -0.143. The Kier molecular flexibility index (Phi) is 4.24. The highest BCUT2D eigenvalue weighted by Crippen LogP contribution is 2.41. The second-order valence-electron chi connectivity index (χ2n) is 6.96. The highest BCUT2D eigenvalue weighted by Gasteiger charge is 2.44. The zero-order chi connectivity index (χ0) is 16.7. The summed E-state index contributed by atoms with van der Waals surface area (Å²) in [4.78, 5) is 26.8. The predicted octanol–water partition coefficient (Wildman–Crippen LogP) is 2.50. The van der Waals surface area contributed by atoms with Crippen LogP contribution in [0.15, 0.2) is 24.3 Å². The number of thioether (sulfide) groups is 1. The van der Waals surface area contributed by atoms with E-state index in [4.69, 9.17) is 0 Å². The van der Waals surface area contributed by atoms with Crippen LogP contribution in [0.2, 0.25) is 0 Å². The van der Waals surface area contributed by atoms with Crippen molar-refractivity contribution in [3.63, 3.8) is 0 Å². The first-order chi connectivity index (χ1) is 11.6. The predicted molar refractivity (Wildman–Crippen MR) is 91.0 cm³/mol. The van der Waals surface area contributed by atoms with E-state index in [9.17, 15) is 14.0 Å². The molecule has 1 aromatic rings. The van der Waals surface area contributed by atoms with Crippen molar-refractivity contribution in [1.29, 1.82) is 0 Å². The summed E-state index contributed by atoms with van der Waals surface area (Å²) in [6.07, 6.45) is 3.93. The Morgan fingerprint density at radius 1 is 1.21 bits per heavy atom. The van der Waals surface area contributed by atoms with Crippen LogP contribution < -0.4 is 5.32 Å². The van der Waals surface area contributed by atoms with Gasteiger partial charge in [-0.2, -0.15) is 0 Å². The van der Waals surface area contributed by atoms with Crippen LogP contribution in [0.25, 0.3) is 0 Å². The molecule has 6 heteroatoms. The topological polar surface area (TPSA) is 49.4 Å². The van der Waals surface area contributed by atoms with Crippen LogP contribution in [0.3, 0.4) is 0 Å². The van der Waals surface area contributed by atoms with Gasteiger partial charge >= 0.3 is 0 Å². The smallest absolute Gasteiger partial charge is 0.243 e. The van der Waals surface area contributed by atoms with Gasteiger partial charge in [0, 0.05) is 23.6 Å². The molecule has 24 heavy (non-hydrogen) atoms. The first-order valence-electron chi connectivity index (χ1n) is 8.57. The molecule has 4 nitrogen and oxygen atoms in total. The molecule has 2 amide bonds. The second-order valence-corrected chi connectivity index (χ2v) is 7.96. The van der Waals surface area contributed by atoms with Crippen molar-refractivity contribution >= 4 is 23.6 Å². The van der Waals surface area contributed by atoms with Crippen molar-refractivity contribution in [1.82, 2.24) is 10.2 Å². The van der Waals surface area contributed by atoms with E-state index >= 15 is 0 Å². The molecule has 2 saturated carbocycles. The van der Waals surface area contributed by atoms with E-state index in [2.05, 4.69) is 5.32 Å². The van der Waals surface area contributed by atoms with Crippen LogP contribution in [-0.4, -0.2) is 40.4 Å². The van der Waals surface area contributed by atoms with Gasteiger partial charge in [-0.1, -0.05) is 18.6 Å². The van der Waals surface area contributed by atoms with Gasteiger partial charge in [0.15, 0.2) is 0 Å². The lowest BCUT2D eigenvalue weighted by atomic mass is 9.84. The minimum atomic E-state index is -0.336. The summed E-state index contributed by atoms with van der Waals surface area (Å²) in [5, 5.41) is 3.08. The number of benzene rings is 1. The number of hydrogen-bond acceptors (Lipinski definition) is 3. The molecule has 1 saturated heterocycles. The summed E-state index contributed by atoms with van der Waals surface area (Å²) in [7, 11) is 0. The second kappa shape index (κ2) is 6.39. The van der Waals surface area contributed by atoms with Crippen molar-refractivity contribution in [3.8, 4) is 0 Å². The summed E-state index contributed by atoms with van der Waals surface area (Å²) in [6, 6.07) is 6.25. The average Bonchev–Trinajstić information content (AvgIpc) is 3.09. The monoisotopic (exact) mass is 348 g/mol. The van der Waals surface area contributed by atoms with Gasteiger partial charge in [0.25, 0.3) is 0 Å². The van der Waals surface area contributed by atoms with Crippen LogP contribution in [-0.2, 0) is 9.59 Å². The minimum absolute atomic E-state index is 0.0396. The molecule has 1 heterocycles. The molecule has 0 spiro atoms. The maximum atomic E-state index is 13.0. The van der Waals surface area contributed by atoms with Crippen LogP contribution in [0.5, 0.6) is 0 Å². The molecule has 1 aliphatic heterocycles. The summed E-state index contributed by atoms with van der Waals surface area (Å²) >= 11 is 1.65. The van der Waals surface area contributed by atoms with Gasteiger partial charge in [-0.3, -0.25) is 9.59 Å². The molecular weight excluding hydrogens is 327 g/mol. The van der Waals surface area contributed by atoms with Crippen LogP contribution in [0.1, 0.15) is 37.2 Å². The Labute approximate surface area is 145 Å². The van der Waals surface area contributed by atoms with Crippen molar-refractivity contribution in [2.75, 3.05) is 11.6 Å². The summed E-state index contributed by atoms with van der Waals surface area (Å²) in [6.45, 7) is 0. The van der Waals surface area contributed by atoms with Crippen molar-refractivity contribution in [2.45, 2.75) is 43.7 Å². The maximum Gasteiger partial charge on any atom is 0.243 e. The van der Waals surface area contributed by atoms with E-state index in [1.54, 1.807) is 28.8 Å². The van der Waals surface area contributed by atoms with E-state index < -0.39 is 0 Å². The Balaban J connectivity index is 1.34. The van der Waals surface area contributed by atoms with Crippen molar-refractivity contribution < 1.29 is 14.0 Å². The Morgan fingerprint density at radius 2 is 1.96 bits per heavy atom. The number of rotatable bonds is 4. The van der Waals surface area contributed by atoms with Gasteiger partial charge in [-0.15, -0.1) is 11.8 Å². The third-order valence-electron chi connectivity index (χ3n) is 5.34. The molecule has 0 radical (unpaired) electrons. The SMILES string of the molecule is O=C(NC1CC1c1ccc(F)cc1)C1CSCN1C(=O)C1CCC1. The summed E-state index contributed by atoms with van der Waals surface area (Å²) in [5.74, 6) is 1.57. The number of halogens is 1. The van der Waals surface area contributed by atoms with Crippen molar-refractivity contribution in [2.24, 2.45) is 5.92 Å². The fourth-order valence-electron chi connectivity index (χ4n) is 3.48. The third kappa shape index (κ3) is 3.04. The Hall–Kier alpha value is -1.56. The molecule has 3 aliphatic rings. The standard InChI is InChI=1S/C18H21FN2O2S/c19-13-6-4-11(5-7-13)14-8-15(14)20-17(22)16-9-24-10-21(16)18(23)12-2-1-3-12/h4-7,12,14-16H,1-3,8-10H2,(H,20,22). The minimum Gasteiger partial charge on any atom is -0.351 e. The quantitative estimate of drug-likeness (QED) is 0.910. The van der Waals surface area contributed by atoms with Gasteiger partial charge < -0.3 is 10.2 Å². The van der Waals surface area contributed by atoms with Gasteiger partial charge in [0.1, 0.15) is 11.9 Å². The van der Waals surface area contributed by atoms with Gasteiger partial charge in [0.2, 0.25) is 11.8 Å². The first-order valence-corrected chi connectivity index (χ1v) is 9.73. The molecule has 1 aromatic carbocycles. The summed E-state index contributed by atoms with van der Waals surface area (Å²) in [5.41, 5.74) is 1.06. The highest BCUT2D eigenvalue weighted by atomic mass is 32.2. The molecule has 3 fully saturated rings. The molecule has 1 N–H and O–H groups in total. The first kappa shape index (κ1) is 15.9. The fourth-order valence-corrected chi connectivity index (χ4v) is 4.64. The molecule has 2 aliphatic carbocycles. The number of nitrogens with zero attached hydrogens (tertiary/aromatic N) is 1. The Morgan fingerprint density at radius 3 is 2.62 bits per heavy atom. The van der Waals surface area contributed by atoms with Crippen LogP contribution >= 0.6 is 11.8 Å². The number of amides is 2. The largest absolute Gasteiger partial charge is 0.351 e. The zero-order valence-electron chi connectivity index (χ0n) is 13.4. The highest BCUT2D eigenvalue weighted by molar-refractivity contribution is 7.99. The molecular formula is C18H21FN2O2S. The molecule has 128 valence electrons. The van der Waals surface area contributed by atoms with Crippen LogP contribution in [0, 0.1) is 11.7 Å². The van der Waals surface area contributed by atoms with Gasteiger partial charge in [0.05, 0.1) is 5.88 Å². The average molecular weight is 348 g/mol. The molecule has 3 atom stereocenters. The number of carbonyl (C=O) groups excluding carboxylic acids is 2. The van der Waals surface area contributed by atoms with E-state index in [-0.39, 0.29) is 41.6 Å². The number of carbonyl (C=O) groups is 2. The number of nitrogens with one attached hydrogen (secondary N) is 1. The van der Waals surface area contributed by atoms with Gasteiger partial charge in [-0.05, 0) is 37.0 Å². The van der Waals surface area contributed by atoms with Crippen LogP contribution in [0.4, 0.5) is 4.39 Å². The maximum absolute atomic E-state index is 13.0.